The Morgan fingerprint density at radius 2 is 1.79 bits per heavy atom. The minimum Gasteiger partial charge on any atom is -0.444 e. The van der Waals surface area contributed by atoms with Gasteiger partial charge in [0.2, 0.25) is 11.8 Å². The highest BCUT2D eigenvalue weighted by atomic mass is 35.5. The molecule has 1 aromatic carbocycles. The molecule has 0 radical (unpaired) electrons. The molecule has 1 N–H and O–H groups in total. The van der Waals surface area contributed by atoms with E-state index in [2.05, 4.69) is 25.1 Å². The lowest BCUT2D eigenvalue weighted by Gasteiger charge is -2.39. The van der Waals surface area contributed by atoms with Gasteiger partial charge < -0.3 is 28.8 Å². The Morgan fingerprint density at radius 1 is 1.09 bits per heavy atom. The van der Waals surface area contributed by atoms with Crippen LogP contribution in [0.4, 0.5) is 10.5 Å². The molecule has 3 aromatic heterocycles. The number of ether oxygens (including phenoxy) is 1. The average molecular weight is 608 g/mol. The first-order valence-electron chi connectivity index (χ1n) is 14.5. The molecule has 1 fully saturated rings. The Bertz CT molecular complexity index is 1580. The first kappa shape index (κ1) is 30.3. The third-order valence-electron chi connectivity index (χ3n) is 7.42. The minimum atomic E-state index is -0.656. The largest absolute Gasteiger partial charge is 0.444 e. The van der Waals surface area contributed by atoms with E-state index in [1.165, 1.54) is 0 Å². The van der Waals surface area contributed by atoms with Gasteiger partial charge in [-0.05, 0) is 58.4 Å². The topological polar surface area (TPSA) is 121 Å². The van der Waals surface area contributed by atoms with Crippen LogP contribution in [0.2, 0.25) is 5.02 Å². The summed E-state index contributed by atoms with van der Waals surface area (Å²) in [5, 5.41) is 9.76. The number of hydrogen-bond acceptors (Lipinski definition) is 8. The number of piperazine rings is 1. The Hall–Kier alpha value is -4.12. The summed E-state index contributed by atoms with van der Waals surface area (Å²) in [4.78, 5) is 40.8. The zero-order valence-corrected chi connectivity index (χ0v) is 26.2. The average Bonchev–Trinajstić information content (AvgIpc) is 3.61. The zero-order valence-electron chi connectivity index (χ0n) is 25.4. The van der Waals surface area contributed by atoms with Crippen molar-refractivity contribution in [3.63, 3.8) is 0 Å². The zero-order chi connectivity index (χ0) is 30.9. The fraction of sp³-hybridized carbons (Fsp3) is 0.452. The van der Waals surface area contributed by atoms with Gasteiger partial charge in [0.05, 0.1) is 17.2 Å². The van der Waals surface area contributed by atoms with Crippen molar-refractivity contribution in [1.82, 2.24) is 30.0 Å². The third kappa shape index (κ3) is 6.77. The normalized spacial score (nSPS) is 14.8. The maximum Gasteiger partial charge on any atom is 0.410 e. The van der Waals surface area contributed by atoms with Crippen LogP contribution >= 0.6 is 11.6 Å². The number of rotatable bonds is 7. The van der Waals surface area contributed by atoms with Gasteiger partial charge in [0.1, 0.15) is 11.2 Å². The van der Waals surface area contributed by atoms with Gasteiger partial charge in [-0.15, -0.1) is 10.2 Å². The first-order chi connectivity index (χ1) is 20.4. The lowest BCUT2D eigenvalue weighted by atomic mass is 9.96. The molecule has 228 valence electrons. The highest BCUT2D eigenvalue weighted by molar-refractivity contribution is 6.30. The molecular formula is C31H38ClN7O4. The summed E-state index contributed by atoms with van der Waals surface area (Å²) >= 11 is 6.18. The first-order valence-corrected chi connectivity index (χ1v) is 14.8. The van der Waals surface area contributed by atoms with Gasteiger partial charge >= 0.3 is 6.09 Å². The molecule has 0 aliphatic carbocycles. The highest BCUT2D eigenvalue weighted by Gasteiger charge is 2.34. The van der Waals surface area contributed by atoms with E-state index in [-0.39, 0.29) is 18.5 Å². The van der Waals surface area contributed by atoms with E-state index in [9.17, 15) is 9.59 Å². The molecule has 1 saturated heterocycles. The standard InChI is InChI=1S/C31H38ClN7O4/c1-19(2)39(30(41)43-31(4,5)6)18-25(21-7-9-22(32)10-8-21)29(40)38-15-13-37(14-16-38)26-23-11-12-33-27(23)34-17-24(26)28-36-35-20(3)42-28/h7-12,17,19,25H,13-16,18H2,1-6H3,(H,33,34). The molecule has 1 atom stereocenters. The predicted octanol–water partition coefficient (Wildman–Crippen LogP) is 5.65. The van der Waals surface area contributed by atoms with Crippen LogP contribution in [0.15, 0.2) is 47.1 Å². The van der Waals surface area contributed by atoms with Crippen LogP contribution < -0.4 is 4.90 Å². The number of nitrogens with zero attached hydrogens (tertiary/aromatic N) is 6. The van der Waals surface area contributed by atoms with E-state index in [0.29, 0.717) is 43.0 Å². The monoisotopic (exact) mass is 607 g/mol. The smallest absolute Gasteiger partial charge is 0.410 e. The summed E-state index contributed by atoms with van der Waals surface area (Å²) in [6.07, 6.45) is 3.15. The van der Waals surface area contributed by atoms with Crippen LogP contribution in [0, 0.1) is 6.92 Å². The van der Waals surface area contributed by atoms with Crippen LogP contribution in [-0.4, -0.2) is 86.3 Å². The number of aryl methyl sites for hydroxylation is 1. The Labute approximate surface area is 256 Å². The number of aromatic nitrogens is 4. The Balaban J connectivity index is 1.39. The summed E-state index contributed by atoms with van der Waals surface area (Å²) in [6.45, 7) is 13.4. The number of hydrogen-bond donors (Lipinski definition) is 1. The molecule has 1 unspecified atom stereocenters. The van der Waals surface area contributed by atoms with Crippen molar-refractivity contribution in [2.75, 3.05) is 37.6 Å². The second-order valence-corrected chi connectivity index (χ2v) is 12.5. The number of halogens is 1. The van der Waals surface area contributed by atoms with Gasteiger partial charge in [-0.1, -0.05) is 23.7 Å². The Morgan fingerprint density at radius 3 is 2.40 bits per heavy atom. The van der Waals surface area contributed by atoms with E-state index in [0.717, 1.165) is 27.8 Å². The van der Waals surface area contributed by atoms with Crippen molar-refractivity contribution >= 4 is 40.3 Å². The van der Waals surface area contributed by atoms with Gasteiger partial charge in [0.15, 0.2) is 0 Å². The fourth-order valence-electron chi connectivity index (χ4n) is 5.30. The Kier molecular flexibility index (Phi) is 8.64. The van der Waals surface area contributed by atoms with Gasteiger partial charge in [-0.3, -0.25) is 4.79 Å². The quantitative estimate of drug-likeness (QED) is 0.286. The molecule has 0 spiro atoms. The van der Waals surface area contributed by atoms with E-state index < -0.39 is 17.6 Å². The van der Waals surface area contributed by atoms with Crippen LogP contribution in [0.3, 0.4) is 0 Å². The summed E-state index contributed by atoms with van der Waals surface area (Å²) < 4.78 is 11.5. The number of benzene rings is 1. The molecule has 0 bridgehead atoms. The molecule has 2 amide bonds. The second kappa shape index (κ2) is 12.2. The molecule has 1 aliphatic heterocycles. The number of carbonyl (C=O) groups is 2. The van der Waals surface area contributed by atoms with E-state index >= 15 is 0 Å². The number of anilines is 1. The summed E-state index contributed by atoms with van der Waals surface area (Å²) in [5.74, 6) is 0.236. The van der Waals surface area contributed by atoms with Gasteiger partial charge in [0, 0.05) is 68.5 Å². The van der Waals surface area contributed by atoms with Crippen molar-refractivity contribution in [2.24, 2.45) is 0 Å². The number of amides is 2. The summed E-state index contributed by atoms with van der Waals surface area (Å²) in [5.41, 5.74) is 2.58. The molecule has 4 heterocycles. The van der Waals surface area contributed by atoms with Crippen molar-refractivity contribution in [1.29, 1.82) is 0 Å². The SMILES string of the molecule is Cc1nnc(-c2cnc3[nH]ccc3c2N2CCN(C(=O)C(CN(C(=O)OC(C)(C)C)C(C)C)c3ccc(Cl)cc3)CC2)o1. The lowest BCUT2D eigenvalue weighted by Crippen LogP contribution is -2.52. The van der Waals surface area contributed by atoms with E-state index in [4.69, 9.17) is 20.8 Å². The minimum absolute atomic E-state index is 0.0505. The van der Waals surface area contributed by atoms with Crippen molar-refractivity contribution in [3.8, 4) is 11.5 Å². The van der Waals surface area contributed by atoms with Gasteiger partial charge in [0.25, 0.3) is 5.89 Å². The van der Waals surface area contributed by atoms with Crippen LogP contribution in [0.1, 0.15) is 52.0 Å². The fourth-order valence-corrected chi connectivity index (χ4v) is 5.43. The highest BCUT2D eigenvalue weighted by Crippen LogP contribution is 2.36. The van der Waals surface area contributed by atoms with Crippen molar-refractivity contribution in [2.45, 2.75) is 59.1 Å². The number of nitrogens with one attached hydrogen (secondary N) is 1. The molecule has 43 heavy (non-hydrogen) atoms. The van der Waals surface area contributed by atoms with Crippen molar-refractivity contribution in [3.05, 3.63) is 59.2 Å². The number of H-pyrrole nitrogens is 1. The predicted molar refractivity (Wildman–Crippen MR) is 165 cm³/mol. The number of aromatic amines is 1. The molecular weight excluding hydrogens is 570 g/mol. The molecule has 5 rings (SSSR count). The number of carbonyl (C=O) groups excluding carboxylic acids is 2. The third-order valence-corrected chi connectivity index (χ3v) is 7.68. The summed E-state index contributed by atoms with van der Waals surface area (Å²) in [7, 11) is 0. The van der Waals surface area contributed by atoms with Crippen LogP contribution in [0.5, 0.6) is 0 Å². The van der Waals surface area contributed by atoms with E-state index in [1.807, 2.05) is 63.9 Å². The van der Waals surface area contributed by atoms with Crippen LogP contribution in [-0.2, 0) is 9.53 Å². The van der Waals surface area contributed by atoms with Crippen molar-refractivity contribution < 1.29 is 18.7 Å². The van der Waals surface area contributed by atoms with Crippen LogP contribution in [0.25, 0.3) is 22.5 Å². The maximum absolute atomic E-state index is 14.2. The summed E-state index contributed by atoms with van der Waals surface area (Å²) in [6, 6.07) is 9.07. The maximum atomic E-state index is 14.2. The molecule has 1 aliphatic rings. The molecule has 12 heteroatoms. The molecule has 4 aromatic rings. The van der Waals surface area contributed by atoms with Gasteiger partial charge in [-0.2, -0.15) is 0 Å². The number of fused-ring (bicyclic) bond motifs is 1. The lowest BCUT2D eigenvalue weighted by molar-refractivity contribution is -0.133. The second-order valence-electron chi connectivity index (χ2n) is 12.0. The van der Waals surface area contributed by atoms with E-state index in [1.54, 1.807) is 30.2 Å². The molecule has 0 saturated carbocycles. The van der Waals surface area contributed by atoms with Gasteiger partial charge in [-0.25, -0.2) is 9.78 Å². The number of pyridine rings is 1. The molecule has 11 nitrogen and oxygen atoms in total.